The number of likely N-dealkylation sites (tertiary alicyclic amines) is 1. The largest absolute Gasteiger partial charge is 0.492 e. The highest BCUT2D eigenvalue weighted by Crippen LogP contribution is 2.21. The zero-order valence-electron chi connectivity index (χ0n) is 18.7. The van der Waals surface area contributed by atoms with Gasteiger partial charge in [-0.2, -0.15) is 0 Å². The molecule has 1 aliphatic rings. The Morgan fingerprint density at radius 1 is 1.09 bits per heavy atom. The molecule has 1 amide bonds. The summed E-state index contributed by atoms with van der Waals surface area (Å²) in [6, 6.07) is 19.2. The van der Waals surface area contributed by atoms with Crippen molar-refractivity contribution in [3.63, 3.8) is 0 Å². The lowest BCUT2D eigenvalue weighted by atomic mass is 10.1. The van der Waals surface area contributed by atoms with E-state index in [1.165, 1.54) is 0 Å². The Morgan fingerprint density at radius 3 is 2.56 bits per heavy atom. The lowest BCUT2D eigenvalue weighted by molar-refractivity contribution is 0.148. The molecule has 0 unspecified atom stereocenters. The fourth-order valence-electron chi connectivity index (χ4n) is 3.90. The number of nitrogens with zero attached hydrogens (tertiary/aromatic N) is 2. The number of benzene rings is 2. The molecule has 1 atom stereocenters. The van der Waals surface area contributed by atoms with Gasteiger partial charge in [0.15, 0.2) is 0 Å². The molecule has 6 nitrogen and oxygen atoms in total. The van der Waals surface area contributed by atoms with Gasteiger partial charge in [-0.05, 0) is 73.3 Å². The first kappa shape index (κ1) is 23.6. The van der Waals surface area contributed by atoms with Crippen molar-refractivity contribution in [2.45, 2.75) is 18.9 Å². The molecular weight excluding hydrogens is 450 g/mol. The number of pyridine rings is 1. The van der Waals surface area contributed by atoms with Crippen LogP contribution in [0.25, 0.3) is 11.1 Å². The molecule has 0 saturated carbocycles. The molecule has 4 rings (SSSR count). The van der Waals surface area contributed by atoms with Crippen LogP contribution in [0.1, 0.15) is 24.1 Å². The number of nitrogens with one attached hydrogen (secondary N) is 1. The average molecular weight is 476 g/mol. The van der Waals surface area contributed by atoms with Crippen molar-refractivity contribution < 1.29 is 14.6 Å². The molecule has 1 aromatic heterocycles. The third kappa shape index (κ3) is 6.98. The van der Waals surface area contributed by atoms with Gasteiger partial charge in [-0.15, -0.1) is 0 Å². The molecule has 34 heavy (non-hydrogen) atoms. The molecule has 3 aromatic rings. The third-order valence-electron chi connectivity index (χ3n) is 5.64. The standard InChI is InChI=1S/C27H26ClN3O3/c28-23-9-6-21(7-10-23)22-8-12-24(29-18-22)11-3-20-4-13-26(14-5-20)34-17-16-31-15-1-2-25(19-31)30-27(32)33/h4-10,12-14,18,25,30H,1-2,15-17,19H2,(H,32,33)/t25-/m1/s1. The van der Waals surface area contributed by atoms with E-state index in [1.54, 1.807) is 0 Å². The van der Waals surface area contributed by atoms with E-state index in [-0.39, 0.29) is 6.04 Å². The molecule has 2 N–H and O–H groups in total. The summed E-state index contributed by atoms with van der Waals surface area (Å²) in [5.41, 5.74) is 3.66. The summed E-state index contributed by atoms with van der Waals surface area (Å²) < 4.78 is 5.86. The molecule has 1 aliphatic heterocycles. The summed E-state index contributed by atoms with van der Waals surface area (Å²) in [5, 5.41) is 12.2. The van der Waals surface area contributed by atoms with Crippen molar-refractivity contribution in [2.75, 3.05) is 26.2 Å². The number of amides is 1. The Kier molecular flexibility index (Phi) is 8.03. The molecule has 0 aliphatic carbocycles. The van der Waals surface area contributed by atoms with Crippen LogP contribution in [0.15, 0.2) is 66.9 Å². The Labute approximate surface area is 204 Å². The maximum Gasteiger partial charge on any atom is 0.404 e. The van der Waals surface area contributed by atoms with Gasteiger partial charge in [0.05, 0.1) is 0 Å². The van der Waals surface area contributed by atoms with Crippen LogP contribution in [0.4, 0.5) is 4.79 Å². The van der Waals surface area contributed by atoms with E-state index < -0.39 is 6.09 Å². The molecular formula is C27H26ClN3O3. The molecule has 1 fully saturated rings. The van der Waals surface area contributed by atoms with Gasteiger partial charge < -0.3 is 15.2 Å². The number of piperidine rings is 1. The molecule has 2 aromatic carbocycles. The maximum atomic E-state index is 10.8. The van der Waals surface area contributed by atoms with E-state index in [4.69, 9.17) is 21.4 Å². The van der Waals surface area contributed by atoms with Crippen molar-refractivity contribution in [3.8, 4) is 28.7 Å². The van der Waals surface area contributed by atoms with Crippen molar-refractivity contribution in [1.29, 1.82) is 0 Å². The van der Waals surface area contributed by atoms with Crippen LogP contribution in [-0.2, 0) is 0 Å². The summed E-state index contributed by atoms with van der Waals surface area (Å²) in [6.45, 7) is 3.00. The summed E-state index contributed by atoms with van der Waals surface area (Å²) >= 11 is 5.95. The number of aromatic nitrogens is 1. The maximum absolute atomic E-state index is 10.8. The molecule has 174 valence electrons. The van der Waals surface area contributed by atoms with Gasteiger partial charge in [0.25, 0.3) is 0 Å². The number of halogens is 1. The first-order chi connectivity index (χ1) is 16.5. The SMILES string of the molecule is O=C(O)N[C@@H]1CCCN(CCOc2ccc(C#Cc3ccc(-c4ccc(Cl)cc4)cn3)cc2)C1. The fourth-order valence-corrected chi connectivity index (χ4v) is 4.02. The monoisotopic (exact) mass is 475 g/mol. The minimum absolute atomic E-state index is 0.00719. The molecule has 0 radical (unpaired) electrons. The smallest absolute Gasteiger partial charge is 0.404 e. The molecule has 1 saturated heterocycles. The topological polar surface area (TPSA) is 74.7 Å². The zero-order chi connectivity index (χ0) is 23.8. The summed E-state index contributed by atoms with van der Waals surface area (Å²) in [5.74, 6) is 7.01. The minimum Gasteiger partial charge on any atom is -0.492 e. The second-order valence-electron chi connectivity index (χ2n) is 8.15. The van der Waals surface area contributed by atoms with Crippen LogP contribution in [0.5, 0.6) is 5.75 Å². The highest BCUT2D eigenvalue weighted by molar-refractivity contribution is 6.30. The van der Waals surface area contributed by atoms with Crippen LogP contribution in [-0.4, -0.2) is 53.4 Å². The average Bonchev–Trinajstić information content (AvgIpc) is 2.84. The normalized spacial score (nSPS) is 15.7. The van der Waals surface area contributed by atoms with Gasteiger partial charge in [0.1, 0.15) is 18.1 Å². The number of hydrogen-bond donors (Lipinski definition) is 2. The van der Waals surface area contributed by atoms with Gasteiger partial charge in [-0.1, -0.05) is 35.7 Å². The molecule has 7 heteroatoms. The summed E-state index contributed by atoms with van der Waals surface area (Å²) in [6.07, 6.45) is 2.72. The lowest BCUT2D eigenvalue weighted by Crippen LogP contribution is -2.48. The first-order valence-corrected chi connectivity index (χ1v) is 11.6. The van der Waals surface area contributed by atoms with Crippen LogP contribution < -0.4 is 10.1 Å². The highest BCUT2D eigenvalue weighted by atomic mass is 35.5. The predicted octanol–water partition coefficient (Wildman–Crippen LogP) is 4.91. The second-order valence-corrected chi connectivity index (χ2v) is 8.59. The molecule has 0 bridgehead atoms. The van der Waals surface area contributed by atoms with Crippen molar-refractivity contribution >= 4 is 17.7 Å². The van der Waals surface area contributed by atoms with Gasteiger partial charge in [0.2, 0.25) is 0 Å². The van der Waals surface area contributed by atoms with E-state index in [1.807, 2.05) is 66.9 Å². The van der Waals surface area contributed by atoms with Crippen LogP contribution in [0, 0.1) is 11.8 Å². The van der Waals surface area contributed by atoms with Crippen molar-refractivity contribution in [3.05, 3.63) is 83.1 Å². The van der Waals surface area contributed by atoms with E-state index in [0.29, 0.717) is 17.3 Å². The van der Waals surface area contributed by atoms with E-state index in [0.717, 1.165) is 54.9 Å². The van der Waals surface area contributed by atoms with Crippen LogP contribution in [0.2, 0.25) is 5.02 Å². The Morgan fingerprint density at radius 2 is 1.85 bits per heavy atom. The highest BCUT2D eigenvalue weighted by Gasteiger charge is 2.20. The van der Waals surface area contributed by atoms with Crippen molar-refractivity contribution in [1.82, 2.24) is 15.2 Å². The summed E-state index contributed by atoms with van der Waals surface area (Å²) in [4.78, 5) is 17.5. The lowest BCUT2D eigenvalue weighted by Gasteiger charge is -2.32. The fraction of sp³-hybridized carbons (Fsp3) is 0.259. The zero-order valence-corrected chi connectivity index (χ0v) is 19.5. The van der Waals surface area contributed by atoms with E-state index in [2.05, 4.69) is 27.0 Å². The quantitative estimate of drug-likeness (QED) is 0.495. The van der Waals surface area contributed by atoms with Crippen LogP contribution >= 0.6 is 11.6 Å². The van der Waals surface area contributed by atoms with Crippen LogP contribution in [0.3, 0.4) is 0 Å². The van der Waals surface area contributed by atoms with E-state index in [9.17, 15) is 4.79 Å². The second kappa shape index (κ2) is 11.6. The minimum atomic E-state index is -0.961. The first-order valence-electron chi connectivity index (χ1n) is 11.2. The Balaban J connectivity index is 1.26. The van der Waals surface area contributed by atoms with E-state index >= 15 is 0 Å². The van der Waals surface area contributed by atoms with Gasteiger partial charge in [-0.3, -0.25) is 4.90 Å². The Hall–Kier alpha value is -3.53. The van der Waals surface area contributed by atoms with Crippen molar-refractivity contribution in [2.24, 2.45) is 0 Å². The van der Waals surface area contributed by atoms with Gasteiger partial charge >= 0.3 is 6.09 Å². The number of carboxylic acid groups (broad SMARTS) is 1. The van der Waals surface area contributed by atoms with Gasteiger partial charge in [0, 0.05) is 41.5 Å². The third-order valence-corrected chi connectivity index (χ3v) is 5.89. The number of carbonyl (C=O) groups is 1. The number of rotatable bonds is 6. The molecule has 0 spiro atoms. The summed E-state index contributed by atoms with van der Waals surface area (Å²) in [7, 11) is 0. The number of ether oxygens (including phenoxy) is 1. The molecule has 2 heterocycles. The number of hydrogen-bond acceptors (Lipinski definition) is 4. The van der Waals surface area contributed by atoms with Gasteiger partial charge in [-0.25, -0.2) is 9.78 Å². The Bertz CT molecular complexity index is 1150. The predicted molar refractivity (Wildman–Crippen MR) is 133 cm³/mol.